The number of hydrogen-bond acceptors (Lipinski definition) is 3. The summed E-state index contributed by atoms with van der Waals surface area (Å²) in [5.41, 5.74) is -1.08. The lowest BCUT2D eigenvalue weighted by molar-refractivity contribution is -0.138. The van der Waals surface area contributed by atoms with Gasteiger partial charge in [0.25, 0.3) is 0 Å². The zero-order valence-corrected chi connectivity index (χ0v) is 10.3. The molecule has 0 heterocycles. The van der Waals surface area contributed by atoms with Gasteiger partial charge in [0, 0.05) is 20.2 Å². The van der Waals surface area contributed by atoms with Crippen molar-refractivity contribution in [3.05, 3.63) is 35.1 Å². The van der Waals surface area contributed by atoms with Crippen LogP contribution in [0.5, 0.6) is 0 Å². The molecule has 7 heteroatoms. The monoisotopic (exact) mass is 281 g/mol. The Morgan fingerprint density at radius 3 is 2.63 bits per heavy atom. The van der Waals surface area contributed by atoms with Gasteiger partial charge < -0.3 is 15.2 Å². The smallest absolute Gasteiger partial charge is 0.389 e. The van der Waals surface area contributed by atoms with Crippen LogP contribution in [0.25, 0.3) is 0 Å². The molecule has 0 amide bonds. The second kappa shape index (κ2) is 6.83. The highest BCUT2D eigenvalue weighted by atomic mass is 19.4. The Hall–Kier alpha value is -1.18. The molecule has 0 saturated heterocycles. The minimum atomic E-state index is -4.61. The maximum absolute atomic E-state index is 12.9. The zero-order valence-electron chi connectivity index (χ0n) is 10.3. The molecular formula is C12H15F4NO2. The second-order valence-electron chi connectivity index (χ2n) is 4.04. The molecule has 2 N–H and O–H groups in total. The van der Waals surface area contributed by atoms with Crippen LogP contribution >= 0.6 is 0 Å². The molecule has 0 radical (unpaired) electrons. The zero-order chi connectivity index (χ0) is 14.5. The van der Waals surface area contributed by atoms with Crippen molar-refractivity contribution in [2.24, 2.45) is 0 Å². The predicted octanol–water partition coefficient (Wildman–Crippen LogP) is 1.94. The molecule has 1 unspecified atom stereocenters. The lowest BCUT2D eigenvalue weighted by Crippen LogP contribution is -2.30. The molecule has 108 valence electrons. The van der Waals surface area contributed by atoms with Gasteiger partial charge >= 0.3 is 6.18 Å². The Bertz CT molecular complexity index is 409. The average Bonchev–Trinajstić information content (AvgIpc) is 2.30. The van der Waals surface area contributed by atoms with Crippen molar-refractivity contribution in [3.63, 3.8) is 0 Å². The predicted molar refractivity (Wildman–Crippen MR) is 61.0 cm³/mol. The number of ether oxygens (including phenoxy) is 1. The van der Waals surface area contributed by atoms with E-state index in [1.807, 2.05) is 0 Å². The number of aliphatic hydroxyl groups excluding tert-OH is 1. The van der Waals surface area contributed by atoms with Gasteiger partial charge in [-0.1, -0.05) is 6.07 Å². The first-order chi connectivity index (χ1) is 8.84. The molecule has 19 heavy (non-hydrogen) atoms. The second-order valence-corrected chi connectivity index (χ2v) is 4.04. The van der Waals surface area contributed by atoms with Gasteiger partial charge in [-0.25, -0.2) is 4.39 Å². The first-order valence-electron chi connectivity index (χ1n) is 5.58. The first-order valence-corrected chi connectivity index (χ1v) is 5.58. The fraction of sp³-hybridized carbons (Fsp3) is 0.500. The Kier molecular flexibility index (Phi) is 5.71. The van der Waals surface area contributed by atoms with E-state index in [-0.39, 0.29) is 25.3 Å². The fourth-order valence-corrected chi connectivity index (χ4v) is 1.59. The van der Waals surface area contributed by atoms with Gasteiger partial charge in [0.2, 0.25) is 0 Å². The van der Waals surface area contributed by atoms with Crippen molar-refractivity contribution >= 4 is 0 Å². The van der Waals surface area contributed by atoms with Crippen molar-refractivity contribution in [2.45, 2.75) is 18.8 Å². The molecule has 0 aliphatic carbocycles. The van der Waals surface area contributed by atoms with E-state index in [9.17, 15) is 22.7 Å². The highest BCUT2D eigenvalue weighted by Gasteiger charge is 2.33. The van der Waals surface area contributed by atoms with Crippen LogP contribution in [0.2, 0.25) is 0 Å². The third kappa shape index (κ3) is 5.14. The fourth-order valence-electron chi connectivity index (χ4n) is 1.59. The third-order valence-electron chi connectivity index (χ3n) is 2.43. The molecule has 0 spiro atoms. The Balaban J connectivity index is 2.68. The number of halogens is 4. The maximum Gasteiger partial charge on any atom is 0.416 e. The topological polar surface area (TPSA) is 41.5 Å². The molecule has 0 bridgehead atoms. The summed E-state index contributed by atoms with van der Waals surface area (Å²) in [7, 11) is 1.41. The van der Waals surface area contributed by atoms with Gasteiger partial charge in [-0.3, -0.25) is 0 Å². The summed E-state index contributed by atoms with van der Waals surface area (Å²) in [5.74, 6) is -0.935. The Labute approximate surface area is 108 Å². The number of rotatable bonds is 6. The lowest BCUT2D eigenvalue weighted by Gasteiger charge is -2.15. The molecule has 0 fully saturated rings. The molecule has 1 aromatic carbocycles. The Morgan fingerprint density at radius 2 is 2.05 bits per heavy atom. The summed E-state index contributed by atoms with van der Waals surface area (Å²) < 4.78 is 55.5. The summed E-state index contributed by atoms with van der Waals surface area (Å²) in [6.07, 6.45) is -5.41. The standard InChI is InChI=1S/C12H15F4NO2/c1-19-7-10(18)6-17-5-8-2-3-9(13)4-11(8)12(14,15)16/h2-4,10,17-18H,5-7H2,1H3. The van der Waals surface area contributed by atoms with Gasteiger partial charge in [-0.2, -0.15) is 13.2 Å². The third-order valence-corrected chi connectivity index (χ3v) is 2.43. The summed E-state index contributed by atoms with van der Waals surface area (Å²) >= 11 is 0. The molecule has 1 aromatic rings. The summed E-state index contributed by atoms with van der Waals surface area (Å²) in [6, 6.07) is 2.51. The van der Waals surface area contributed by atoms with E-state index in [4.69, 9.17) is 0 Å². The van der Waals surface area contributed by atoms with Crippen molar-refractivity contribution < 1.29 is 27.4 Å². The van der Waals surface area contributed by atoms with Crippen LogP contribution < -0.4 is 5.32 Å². The van der Waals surface area contributed by atoms with Crippen LogP contribution in [0.15, 0.2) is 18.2 Å². The normalized spacial score (nSPS) is 13.6. The van der Waals surface area contributed by atoms with Gasteiger partial charge in [0.05, 0.1) is 18.3 Å². The SMILES string of the molecule is COCC(O)CNCc1ccc(F)cc1C(F)(F)F. The molecule has 0 aromatic heterocycles. The van der Waals surface area contributed by atoms with E-state index < -0.39 is 23.7 Å². The highest BCUT2D eigenvalue weighted by molar-refractivity contribution is 5.30. The van der Waals surface area contributed by atoms with Crippen molar-refractivity contribution in [2.75, 3.05) is 20.3 Å². The number of hydrogen-bond donors (Lipinski definition) is 2. The van der Waals surface area contributed by atoms with Gasteiger partial charge in [0.1, 0.15) is 5.82 Å². The average molecular weight is 281 g/mol. The molecule has 0 aliphatic rings. The van der Waals surface area contributed by atoms with Crippen molar-refractivity contribution in [1.29, 1.82) is 0 Å². The minimum absolute atomic E-state index is 0.0708. The van der Waals surface area contributed by atoms with Crippen LogP contribution in [0.1, 0.15) is 11.1 Å². The first kappa shape index (κ1) is 15.9. The molecular weight excluding hydrogens is 266 g/mol. The minimum Gasteiger partial charge on any atom is -0.389 e. The number of alkyl halides is 3. The number of benzene rings is 1. The van der Waals surface area contributed by atoms with E-state index in [1.54, 1.807) is 0 Å². The summed E-state index contributed by atoms with van der Waals surface area (Å²) in [6.45, 7) is 0.0565. The lowest BCUT2D eigenvalue weighted by atomic mass is 10.1. The van der Waals surface area contributed by atoms with Gasteiger partial charge in [-0.05, 0) is 17.7 Å². The van der Waals surface area contributed by atoms with E-state index >= 15 is 0 Å². The molecule has 3 nitrogen and oxygen atoms in total. The molecule has 1 atom stereocenters. The Morgan fingerprint density at radius 1 is 1.37 bits per heavy atom. The van der Waals surface area contributed by atoms with Crippen LogP contribution in [0, 0.1) is 5.82 Å². The molecule has 0 aliphatic heterocycles. The number of nitrogens with one attached hydrogen (secondary N) is 1. The quantitative estimate of drug-likeness (QED) is 0.783. The van der Waals surface area contributed by atoms with E-state index in [2.05, 4.69) is 10.1 Å². The largest absolute Gasteiger partial charge is 0.416 e. The molecule has 0 saturated carbocycles. The number of methoxy groups -OCH3 is 1. The number of aliphatic hydroxyl groups is 1. The van der Waals surface area contributed by atoms with E-state index in [1.165, 1.54) is 7.11 Å². The summed E-state index contributed by atoms with van der Waals surface area (Å²) in [4.78, 5) is 0. The van der Waals surface area contributed by atoms with Gasteiger partial charge in [-0.15, -0.1) is 0 Å². The molecule has 1 rings (SSSR count). The van der Waals surface area contributed by atoms with E-state index in [0.29, 0.717) is 6.07 Å². The van der Waals surface area contributed by atoms with E-state index in [0.717, 1.165) is 12.1 Å². The van der Waals surface area contributed by atoms with Crippen LogP contribution in [0.4, 0.5) is 17.6 Å². The van der Waals surface area contributed by atoms with Gasteiger partial charge in [0.15, 0.2) is 0 Å². The summed E-state index contributed by atoms with van der Waals surface area (Å²) in [5, 5.41) is 12.0. The van der Waals surface area contributed by atoms with Crippen LogP contribution in [0.3, 0.4) is 0 Å². The highest BCUT2D eigenvalue weighted by Crippen LogP contribution is 2.32. The van der Waals surface area contributed by atoms with Crippen molar-refractivity contribution in [3.8, 4) is 0 Å². The van der Waals surface area contributed by atoms with Crippen LogP contribution in [-0.4, -0.2) is 31.5 Å². The van der Waals surface area contributed by atoms with Crippen molar-refractivity contribution in [1.82, 2.24) is 5.32 Å². The van der Waals surface area contributed by atoms with Crippen LogP contribution in [-0.2, 0) is 17.5 Å². The maximum atomic E-state index is 12.9.